The quantitative estimate of drug-likeness (QED) is 0.934. The summed E-state index contributed by atoms with van der Waals surface area (Å²) in [6.07, 6.45) is -0.425. The lowest BCUT2D eigenvalue weighted by molar-refractivity contribution is -0.136. The summed E-state index contributed by atoms with van der Waals surface area (Å²) >= 11 is 0. The van der Waals surface area contributed by atoms with Crippen LogP contribution in [0.25, 0.3) is 11.0 Å². The summed E-state index contributed by atoms with van der Waals surface area (Å²) in [5.41, 5.74) is -0.197. The summed E-state index contributed by atoms with van der Waals surface area (Å²) in [4.78, 5) is 16.3. The Balaban J connectivity index is 1.94. The summed E-state index contributed by atoms with van der Waals surface area (Å²) in [7, 11) is 0. The van der Waals surface area contributed by atoms with Gasteiger partial charge in [0.2, 0.25) is 5.91 Å². The van der Waals surface area contributed by atoms with Crippen LogP contribution in [-0.4, -0.2) is 26.7 Å². The van der Waals surface area contributed by atoms with Gasteiger partial charge in [0.1, 0.15) is 6.54 Å². The van der Waals surface area contributed by atoms with Gasteiger partial charge in [0.25, 0.3) is 0 Å². The lowest BCUT2D eigenvalue weighted by Crippen LogP contribution is -2.35. The molecule has 0 bridgehead atoms. The third kappa shape index (κ3) is 3.22. The number of amides is 1. The van der Waals surface area contributed by atoms with Crippen molar-refractivity contribution < 1.29 is 18.0 Å². The second-order valence-electron chi connectivity index (χ2n) is 6.30. The van der Waals surface area contributed by atoms with Crippen molar-refractivity contribution in [2.45, 2.75) is 58.3 Å². The maximum atomic E-state index is 13.3. The van der Waals surface area contributed by atoms with Gasteiger partial charge in [-0.05, 0) is 32.8 Å². The highest BCUT2D eigenvalue weighted by Gasteiger charge is 2.35. The minimum atomic E-state index is -4.49. The van der Waals surface area contributed by atoms with Crippen LogP contribution in [0.5, 0.6) is 0 Å². The molecule has 130 valence electrons. The number of hydrogen-bond donors (Lipinski definition) is 1. The molecule has 0 spiro atoms. The predicted octanol–water partition coefficient (Wildman–Crippen LogP) is 3.13. The zero-order valence-corrected chi connectivity index (χ0v) is 13.6. The SMILES string of the molecule is Cc1cc(C(F)(F)F)c2c(C)nn(CC(=O)NC3CCCC3)c2n1. The number of carbonyl (C=O) groups is 1. The van der Waals surface area contributed by atoms with Gasteiger partial charge in [-0.15, -0.1) is 0 Å². The molecule has 2 aromatic heterocycles. The summed E-state index contributed by atoms with van der Waals surface area (Å²) in [6.45, 7) is 2.87. The Hall–Kier alpha value is -2.12. The molecule has 2 aromatic rings. The Morgan fingerprint density at radius 2 is 2.00 bits per heavy atom. The molecule has 1 fully saturated rings. The standard InChI is InChI=1S/C16H19F3N4O/c1-9-7-12(16(17,18)19)14-10(2)22-23(15(14)20-9)8-13(24)21-11-5-3-4-6-11/h7,11H,3-6,8H2,1-2H3,(H,21,24). The monoisotopic (exact) mass is 340 g/mol. The molecule has 8 heteroatoms. The number of nitrogens with zero attached hydrogens (tertiary/aromatic N) is 3. The zero-order valence-electron chi connectivity index (χ0n) is 13.6. The molecule has 0 atom stereocenters. The fraction of sp³-hybridized carbons (Fsp3) is 0.562. The average molecular weight is 340 g/mol. The zero-order chi connectivity index (χ0) is 17.5. The Morgan fingerprint density at radius 3 is 2.62 bits per heavy atom. The number of hydrogen-bond acceptors (Lipinski definition) is 3. The van der Waals surface area contributed by atoms with E-state index in [2.05, 4.69) is 15.4 Å². The minimum absolute atomic E-state index is 0.0400. The molecule has 0 unspecified atom stereocenters. The summed E-state index contributed by atoms with van der Waals surface area (Å²) < 4.78 is 41.1. The molecular formula is C16H19F3N4O. The number of rotatable bonds is 3. The van der Waals surface area contributed by atoms with Crippen molar-refractivity contribution in [2.24, 2.45) is 0 Å². The van der Waals surface area contributed by atoms with Crippen LogP contribution in [0, 0.1) is 13.8 Å². The normalized spacial score (nSPS) is 16.0. The smallest absolute Gasteiger partial charge is 0.352 e. The first-order chi connectivity index (χ1) is 11.3. The van der Waals surface area contributed by atoms with Crippen molar-refractivity contribution in [1.82, 2.24) is 20.1 Å². The van der Waals surface area contributed by atoms with Crippen LogP contribution in [0.4, 0.5) is 13.2 Å². The summed E-state index contributed by atoms with van der Waals surface area (Å²) in [5, 5.41) is 6.98. The molecule has 0 aliphatic heterocycles. The average Bonchev–Trinajstić information content (AvgIpc) is 3.06. The Labute approximate surface area is 137 Å². The van der Waals surface area contributed by atoms with Gasteiger partial charge in [-0.2, -0.15) is 18.3 Å². The number of carbonyl (C=O) groups excluding carboxylic acids is 1. The molecule has 0 saturated heterocycles. The first-order valence-corrected chi connectivity index (χ1v) is 7.97. The summed E-state index contributed by atoms with van der Waals surface area (Å²) in [6, 6.07) is 1.17. The first kappa shape index (κ1) is 16.7. The second kappa shape index (κ2) is 6.07. The maximum absolute atomic E-state index is 13.3. The lowest BCUT2D eigenvalue weighted by Gasteiger charge is -2.12. The molecule has 0 aromatic carbocycles. The highest BCUT2D eigenvalue weighted by atomic mass is 19.4. The minimum Gasteiger partial charge on any atom is -0.352 e. The molecule has 2 heterocycles. The summed E-state index contributed by atoms with van der Waals surface area (Å²) in [5.74, 6) is -0.247. The first-order valence-electron chi connectivity index (χ1n) is 7.97. The third-order valence-corrected chi connectivity index (χ3v) is 4.32. The molecule has 1 N–H and O–H groups in total. The highest BCUT2D eigenvalue weighted by Crippen LogP contribution is 2.36. The van der Waals surface area contributed by atoms with E-state index in [0.29, 0.717) is 0 Å². The molecular weight excluding hydrogens is 321 g/mol. The number of aryl methyl sites for hydroxylation is 2. The molecule has 24 heavy (non-hydrogen) atoms. The van der Waals surface area contributed by atoms with E-state index < -0.39 is 11.7 Å². The Morgan fingerprint density at radius 1 is 1.33 bits per heavy atom. The predicted molar refractivity (Wildman–Crippen MR) is 82.4 cm³/mol. The van der Waals surface area contributed by atoms with Crippen LogP contribution in [0.2, 0.25) is 0 Å². The number of fused-ring (bicyclic) bond motifs is 1. The third-order valence-electron chi connectivity index (χ3n) is 4.32. The number of pyridine rings is 1. The van der Waals surface area contributed by atoms with Gasteiger partial charge in [0.05, 0.1) is 16.6 Å². The van der Waals surface area contributed by atoms with Crippen LogP contribution in [0.3, 0.4) is 0 Å². The fourth-order valence-electron chi connectivity index (χ4n) is 3.29. The highest BCUT2D eigenvalue weighted by molar-refractivity contribution is 5.85. The molecule has 1 aliphatic rings. The van der Waals surface area contributed by atoms with E-state index in [-0.39, 0.29) is 40.9 Å². The molecule has 1 aliphatic carbocycles. The van der Waals surface area contributed by atoms with Gasteiger partial charge in [-0.3, -0.25) is 4.79 Å². The number of alkyl halides is 3. The van der Waals surface area contributed by atoms with Gasteiger partial charge in [0, 0.05) is 11.7 Å². The van der Waals surface area contributed by atoms with Crippen LogP contribution >= 0.6 is 0 Å². The van der Waals surface area contributed by atoms with E-state index >= 15 is 0 Å². The van der Waals surface area contributed by atoms with Gasteiger partial charge in [-0.25, -0.2) is 9.67 Å². The van der Waals surface area contributed by atoms with Crippen LogP contribution in [-0.2, 0) is 17.5 Å². The number of nitrogens with one attached hydrogen (secondary N) is 1. The Kier molecular flexibility index (Phi) is 4.23. The van der Waals surface area contributed by atoms with Crippen LogP contribution in [0.1, 0.15) is 42.6 Å². The van der Waals surface area contributed by atoms with E-state index in [9.17, 15) is 18.0 Å². The van der Waals surface area contributed by atoms with E-state index in [1.165, 1.54) is 18.5 Å². The van der Waals surface area contributed by atoms with Crippen molar-refractivity contribution in [3.05, 3.63) is 23.0 Å². The number of halogens is 3. The van der Waals surface area contributed by atoms with Gasteiger partial charge in [0.15, 0.2) is 5.65 Å². The van der Waals surface area contributed by atoms with E-state index in [0.717, 1.165) is 31.7 Å². The van der Waals surface area contributed by atoms with Gasteiger partial charge < -0.3 is 5.32 Å². The van der Waals surface area contributed by atoms with Crippen molar-refractivity contribution in [3.8, 4) is 0 Å². The van der Waals surface area contributed by atoms with E-state index in [4.69, 9.17) is 0 Å². The fourth-order valence-corrected chi connectivity index (χ4v) is 3.29. The largest absolute Gasteiger partial charge is 0.417 e. The lowest BCUT2D eigenvalue weighted by atomic mass is 10.1. The number of aromatic nitrogens is 3. The van der Waals surface area contributed by atoms with Crippen LogP contribution < -0.4 is 5.32 Å². The molecule has 0 radical (unpaired) electrons. The molecule has 5 nitrogen and oxygen atoms in total. The van der Waals surface area contributed by atoms with Crippen LogP contribution in [0.15, 0.2) is 6.07 Å². The maximum Gasteiger partial charge on any atom is 0.417 e. The van der Waals surface area contributed by atoms with Crippen molar-refractivity contribution in [1.29, 1.82) is 0 Å². The van der Waals surface area contributed by atoms with Crippen molar-refractivity contribution in [2.75, 3.05) is 0 Å². The topological polar surface area (TPSA) is 59.8 Å². The second-order valence-corrected chi connectivity index (χ2v) is 6.30. The molecule has 1 saturated carbocycles. The van der Waals surface area contributed by atoms with Crippen molar-refractivity contribution in [3.63, 3.8) is 0 Å². The van der Waals surface area contributed by atoms with Gasteiger partial charge >= 0.3 is 6.18 Å². The van der Waals surface area contributed by atoms with E-state index in [1.807, 2.05) is 0 Å². The van der Waals surface area contributed by atoms with Crippen molar-refractivity contribution >= 4 is 16.9 Å². The van der Waals surface area contributed by atoms with Gasteiger partial charge in [-0.1, -0.05) is 12.8 Å². The Bertz CT molecular complexity index is 776. The van der Waals surface area contributed by atoms with E-state index in [1.54, 1.807) is 0 Å². The molecule has 3 rings (SSSR count). The molecule has 1 amide bonds.